The molecule has 1 aromatic rings. The third-order valence-corrected chi connectivity index (χ3v) is 1.72. The SMILES string of the molecule is CC(O)/C(=N\O)c1ccc(F)c(F)c1. The van der Waals surface area contributed by atoms with E-state index < -0.39 is 17.7 Å². The Labute approximate surface area is 79.3 Å². The van der Waals surface area contributed by atoms with Crippen LogP contribution in [-0.2, 0) is 0 Å². The van der Waals surface area contributed by atoms with Gasteiger partial charge in [-0.05, 0) is 25.1 Å². The van der Waals surface area contributed by atoms with Gasteiger partial charge in [0, 0.05) is 5.56 Å². The summed E-state index contributed by atoms with van der Waals surface area (Å²) < 4.78 is 25.3. The van der Waals surface area contributed by atoms with Crippen LogP contribution in [0.25, 0.3) is 0 Å². The molecule has 0 aliphatic heterocycles. The zero-order valence-corrected chi connectivity index (χ0v) is 7.41. The Morgan fingerprint density at radius 3 is 2.43 bits per heavy atom. The van der Waals surface area contributed by atoms with Crippen LogP contribution in [0.1, 0.15) is 12.5 Å². The van der Waals surface area contributed by atoms with Crippen LogP contribution in [0.3, 0.4) is 0 Å². The molecule has 0 bridgehead atoms. The van der Waals surface area contributed by atoms with Crippen molar-refractivity contribution in [2.24, 2.45) is 5.16 Å². The van der Waals surface area contributed by atoms with Gasteiger partial charge in [0.1, 0.15) is 5.71 Å². The van der Waals surface area contributed by atoms with E-state index in [0.717, 1.165) is 12.1 Å². The van der Waals surface area contributed by atoms with E-state index in [1.54, 1.807) is 0 Å². The molecular weight excluding hydrogens is 192 g/mol. The number of benzene rings is 1. The summed E-state index contributed by atoms with van der Waals surface area (Å²) in [7, 11) is 0. The van der Waals surface area contributed by atoms with E-state index in [2.05, 4.69) is 5.16 Å². The third kappa shape index (κ3) is 2.05. The monoisotopic (exact) mass is 201 g/mol. The van der Waals surface area contributed by atoms with Crippen LogP contribution in [0.2, 0.25) is 0 Å². The van der Waals surface area contributed by atoms with E-state index in [-0.39, 0.29) is 11.3 Å². The van der Waals surface area contributed by atoms with Crippen LogP contribution in [0, 0.1) is 11.6 Å². The number of halogens is 2. The second-order valence-corrected chi connectivity index (χ2v) is 2.79. The lowest BCUT2D eigenvalue weighted by Gasteiger charge is -2.07. The van der Waals surface area contributed by atoms with Crippen molar-refractivity contribution in [1.82, 2.24) is 0 Å². The predicted molar refractivity (Wildman–Crippen MR) is 46.4 cm³/mol. The fourth-order valence-electron chi connectivity index (χ4n) is 1.04. The molecule has 5 heteroatoms. The lowest BCUT2D eigenvalue weighted by atomic mass is 10.1. The summed E-state index contributed by atoms with van der Waals surface area (Å²) >= 11 is 0. The van der Waals surface area contributed by atoms with Crippen molar-refractivity contribution < 1.29 is 19.1 Å². The maximum atomic E-state index is 12.7. The van der Waals surface area contributed by atoms with Gasteiger partial charge in [0.2, 0.25) is 0 Å². The number of nitrogens with zero attached hydrogens (tertiary/aromatic N) is 1. The molecule has 2 N–H and O–H groups in total. The molecular formula is C9H9F2NO2. The second-order valence-electron chi connectivity index (χ2n) is 2.79. The number of aliphatic hydroxyl groups excluding tert-OH is 1. The van der Waals surface area contributed by atoms with Gasteiger partial charge in [-0.2, -0.15) is 0 Å². The first-order valence-electron chi connectivity index (χ1n) is 3.91. The Morgan fingerprint density at radius 1 is 1.36 bits per heavy atom. The molecule has 14 heavy (non-hydrogen) atoms. The predicted octanol–water partition coefficient (Wildman–Crippen LogP) is 1.52. The number of rotatable bonds is 2. The van der Waals surface area contributed by atoms with E-state index >= 15 is 0 Å². The van der Waals surface area contributed by atoms with E-state index in [4.69, 9.17) is 10.3 Å². The van der Waals surface area contributed by atoms with Gasteiger partial charge in [-0.3, -0.25) is 0 Å². The number of oxime groups is 1. The van der Waals surface area contributed by atoms with Crippen molar-refractivity contribution in [2.75, 3.05) is 0 Å². The summed E-state index contributed by atoms with van der Waals surface area (Å²) in [5.41, 5.74) is 0.0327. The Hall–Kier alpha value is -1.49. The van der Waals surface area contributed by atoms with Crippen molar-refractivity contribution in [3.63, 3.8) is 0 Å². The Morgan fingerprint density at radius 2 is 2.00 bits per heavy atom. The number of aliphatic hydroxyl groups is 1. The highest BCUT2D eigenvalue weighted by atomic mass is 19.2. The smallest absolute Gasteiger partial charge is 0.159 e. The maximum absolute atomic E-state index is 12.7. The van der Waals surface area contributed by atoms with E-state index in [0.29, 0.717) is 0 Å². The average Bonchev–Trinajstić information content (AvgIpc) is 2.11. The molecule has 0 spiro atoms. The highest BCUT2D eigenvalue weighted by molar-refractivity contribution is 6.03. The van der Waals surface area contributed by atoms with Gasteiger partial charge in [-0.25, -0.2) is 8.78 Å². The zero-order valence-electron chi connectivity index (χ0n) is 7.41. The first kappa shape index (κ1) is 10.6. The summed E-state index contributed by atoms with van der Waals surface area (Å²) in [6, 6.07) is 2.98. The molecule has 1 unspecified atom stereocenters. The molecule has 0 saturated heterocycles. The van der Waals surface area contributed by atoms with Crippen LogP contribution in [-0.4, -0.2) is 22.1 Å². The average molecular weight is 201 g/mol. The summed E-state index contributed by atoms with van der Waals surface area (Å²) in [4.78, 5) is 0. The summed E-state index contributed by atoms with van der Waals surface area (Å²) in [5.74, 6) is -2.04. The highest BCUT2D eigenvalue weighted by Crippen LogP contribution is 2.11. The molecule has 0 aromatic heterocycles. The first-order valence-corrected chi connectivity index (χ1v) is 3.91. The minimum Gasteiger partial charge on any atom is -0.411 e. The summed E-state index contributed by atoms with van der Waals surface area (Å²) in [6.07, 6.45) is -1.05. The van der Waals surface area contributed by atoms with Crippen LogP contribution >= 0.6 is 0 Å². The molecule has 0 amide bonds. The Bertz CT molecular complexity index is 364. The Balaban J connectivity index is 3.13. The van der Waals surface area contributed by atoms with Gasteiger partial charge in [0.15, 0.2) is 11.6 Å². The minimum atomic E-state index is -1.05. The van der Waals surface area contributed by atoms with Crippen LogP contribution in [0.15, 0.2) is 23.4 Å². The molecule has 1 atom stereocenters. The van der Waals surface area contributed by atoms with E-state index in [9.17, 15) is 8.78 Å². The number of hydrogen-bond acceptors (Lipinski definition) is 3. The normalized spacial score (nSPS) is 14.1. The molecule has 0 aliphatic rings. The largest absolute Gasteiger partial charge is 0.411 e. The fraction of sp³-hybridized carbons (Fsp3) is 0.222. The van der Waals surface area contributed by atoms with E-state index in [1.807, 2.05) is 0 Å². The first-order chi connectivity index (χ1) is 6.56. The Kier molecular flexibility index (Phi) is 3.14. The molecule has 0 saturated carbocycles. The van der Waals surface area contributed by atoms with E-state index in [1.165, 1.54) is 13.0 Å². The minimum absolute atomic E-state index is 0.107. The molecule has 0 heterocycles. The van der Waals surface area contributed by atoms with Gasteiger partial charge >= 0.3 is 0 Å². The van der Waals surface area contributed by atoms with Gasteiger partial charge in [-0.15, -0.1) is 0 Å². The zero-order chi connectivity index (χ0) is 10.7. The summed E-state index contributed by atoms with van der Waals surface area (Å²) in [5, 5.41) is 20.4. The molecule has 0 fully saturated rings. The fourth-order valence-corrected chi connectivity index (χ4v) is 1.04. The van der Waals surface area contributed by atoms with Crippen LogP contribution in [0.4, 0.5) is 8.78 Å². The van der Waals surface area contributed by atoms with Gasteiger partial charge in [-0.1, -0.05) is 5.16 Å². The van der Waals surface area contributed by atoms with Gasteiger partial charge < -0.3 is 10.3 Å². The van der Waals surface area contributed by atoms with Crippen molar-refractivity contribution >= 4 is 5.71 Å². The standard InChI is InChI=1S/C9H9F2NO2/c1-5(13)9(12-14)6-2-3-7(10)8(11)4-6/h2-5,13-14H,1H3/b12-9+. The molecule has 0 radical (unpaired) electrons. The molecule has 0 aliphatic carbocycles. The molecule has 76 valence electrons. The van der Waals surface area contributed by atoms with Crippen molar-refractivity contribution in [2.45, 2.75) is 13.0 Å². The number of hydrogen-bond donors (Lipinski definition) is 2. The highest BCUT2D eigenvalue weighted by Gasteiger charge is 2.12. The summed E-state index contributed by atoms with van der Waals surface area (Å²) in [6.45, 7) is 1.36. The quantitative estimate of drug-likeness (QED) is 0.433. The molecule has 1 aromatic carbocycles. The third-order valence-electron chi connectivity index (χ3n) is 1.72. The van der Waals surface area contributed by atoms with Crippen molar-refractivity contribution in [1.29, 1.82) is 0 Å². The topological polar surface area (TPSA) is 52.8 Å². The molecule has 1 rings (SSSR count). The van der Waals surface area contributed by atoms with Crippen LogP contribution in [0.5, 0.6) is 0 Å². The molecule has 3 nitrogen and oxygen atoms in total. The lowest BCUT2D eigenvalue weighted by Crippen LogP contribution is -2.17. The van der Waals surface area contributed by atoms with Crippen LogP contribution < -0.4 is 0 Å². The van der Waals surface area contributed by atoms with Gasteiger partial charge in [0.05, 0.1) is 6.10 Å². The second kappa shape index (κ2) is 4.15. The van der Waals surface area contributed by atoms with Gasteiger partial charge in [0.25, 0.3) is 0 Å². The maximum Gasteiger partial charge on any atom is 0.159 e. The van der Waals surface area contributed by atoms with Crippen molar-refractivity contribution in [3.05, 3.63) is 35.4 Å². The lowest BCUT2D eigenvalue weighted by molar-refractivity contribution is 0.248. The van der Waals surface area contributed by atoms with Crippen molar-refractivity contribution in [3.8, 4) is 0 Å².